The maximum Gasteiger partial charge on any atom is 0.169 e. The molecular weight excluding hydrogens is 214 g/mol. The Bertz CT molecular complexity index is 456. The molecule has 0 amide bonds. The number of benzene rings is 1. The molecular formula is C14H17NO2. The Morgan fingerprint density at radius 1 is 1.35 bits per heavy atom. The molecule has 1 saturated carbocycles. The van der Waals surface area contributed by atoms with Crippen LogP contribution in [0.3, 0.4) is 0 Å². The number of carbonyl (C=O) groups excluding carboxylic acids is 1. The molecule has 0 saturated heterocycles. The van der Waals surface area contributed by atoms with Crippen LogP contribution in [-0.4, -0.2) is 18.4 Å². The Hall–Kier alpha value is -1.35. The fourth-order valence-electron chi connectivity index (χ4n) is 2.88. The highest BCUT2D eigenvalue weighted by atomic mass is 16.5. The highest BCUT2D eigenvalue weighted by Gasteiger charge is 2.31. The first-order chi connectivity index (χ1) is 8.25. The third-order valence-corrected chi connectivity index (χ3v) is 3.82. The van der Waals surface area contributed by atoms with Gasteiger partial charge in [-0.25, -0.2) is 0 Å². The van der Waals surface area contributed by atoms with Gasteiger partial charge in [0.25, 0.3) is 0 Å². The molecule has 0 radical (unpaired) electrons. The van der Waals surface area contributed by atoms with Crippen molar-refractivity contribution in [2.75, 3.05) is 6.61 Å². The Morgan fingerprint density at radius 3 is 3.00 bits per heavy atom. The van der Waals surface area contributed by atoms with Crippen LogP contribution in [0.15, 0.2) is 18.2 Å². The summed E-state index contributed by atoms with van der Waals surface area (Å²) in [5.74, 6) is 1.13. The number of fused-ring (bicyclic) bond motifs is 1. The molecule has 2 unspecified atom stereocenters. The lowest BCUT2D eigenvalue weighted by atomic mass is 9.94. The van der Waals surface area contributed by atoms with Gasteiger partial charge in [0.1, 0.15) is 5.75 Å². The third-order valence-electron chi connectivity index (χ3n) is 3.82. The third kappa shape index (κ3) is 1.84. The lowest BCUT2D eigenvalue weighted by Gasteiger charge is -2.11. The van der Waals surface area contributed by atoms with Gasteiger partial charge >= 0.3 is 0 Å². The van der Waals surface area contributed by atoms with Gasteiger partial charge in [-0.05, 0) is 30.9 Å². The molecule has 2 N–H and O–H groups in total. The van der Waals surface area contributed by atoms with E-state index in [1.54, 1.807) is 0 Å². The zero-order valence-corrected chi connectivity index (χ0v) is 9.82. The number of hydrogen-bond acceptors (Lipinski definition) is 3. The van der Waals surface area contributed by atoms with Crippen molar-refractivity contribution in [3.63, 3.8) is 0 Å². The number of hydrogen-bond donors (Lipinski definition) is 1. The number of ketones is 1. The van der Waals surface area contributed by atoms with Crippen molar-refractivity contribution in [1.82, 2.24) is 0 Å². The summed E-state index contributed by atoms with van der Waals surface area (Å²) in [6.45, 7) is 0.698. The molecule has 1 heterocycles. The Morgan fingerprint density at radius 2 is 2.24 bits per heavy atom. The van der Waals surface area contributed by atoms with E-state index in [1.807, 2.05) is 18.2 Å². The van der Waals surface area contributed by atoms with Crippen LogP contribution in [-0.2, 0) is 6.42 Å². The molecule has 17 heavy (non-hydrogen) atoms. The zero-order chi connectivity index (χ0) is 11.8. The zero-order valence-electron chi connectivity index (χ0n) is 9.82. The first kappa shape index (κ1) is 10.8. The van der Waals surface area contributed by atoms with Crippen LogP contribution < -0.4 is 10.5 Å². The van der Waals surface area contributed by atoms with Crippen molar-refractivity contribution in [2.45, 2.75) is 31.7 Å². The second-order valence-electron chi connectivity index (χ2n) is 5.03. The molecule has 1 aliphatic carbocycles. The van der Waals surface area contributed by atoms with Crippen molar-refractivity contribution < 1.29 is 9.53 Å². The second kappa shape index (κ2) is 4.15. The van der Waals surface area contributed by atoms with Gasteiger partial charge in [-0.1, -0.05) is 12.1 Å². The van der Waals surface area contributed by atoms with Gasteiger partial charge < -0.3 is 10.5 Å². The highest BCUT2D eigenvalue weighted by Crippen LogP contribution is 2.34. The van der Waals surface area contributed by atoms with Crippen molar-refractivity contribution in [2.24, 2.45) is 11.7 Å². The minimum absolute atomic E-state index is 0.0979. The Balaban J connectivity index is 1.89. The topological polar surface area (TPSA) is 52.3 Å². The van der Waals surface area contributed by atoms with Gasteiger partial charge in [-0.2, -0.15) is 0 Å². The Labute approximate surface area is 101 Å². The minimum atomic E-state index is 0.0979. The maximum absolute atomic E-state index is 12.4. The van der Waals surface area contributed by atoms with Gasteiger partial charge in [-0.3, -0.25) is 4.79 Å². The first-order valence-electron chi connectivity index (χ1n) is 6.30. The van der Waals surface area contributed by atoms with Gasteiger partial charge in [-0.15, -0.1) is 0 Å². The standard InChI is InChI=1S/C14H17NO2/c15-11-5-4-10(8-11)13(16)12-3-1-2-9-6-7-17-14(9)12/h1-3,10-11H,4-8,15H2. The molecule has 1 aromatic rings. The molecule has 3 heteroatoms. The average molecular weight is 231 g/mol. The van der Waals surface area contributed by atoms with Crippen molar-refractivity contribution in [1.29, 1.82) is 0 Å². The van der Waals surface area contributed by atoms with E-state index in [9.17, 15) is 4.79 Å². The summed E-state index contributed by atoms with van der Waals surface area (Å²) in [5, 5.41) is 0. The predicted octanol–water partition coefficient (Wildman–Crippen LogP) is 1.93. The van der Waals surface area contributed by atoms with Gasteiger partial charge in [0.05, 0.1) is 12.2 Å². The number of rotatable bonds is 2. The first-order valence-corrected chi connectivity index (χ1v) is 6.30. The summed E-state index contributed by atoms with van der Waals surface area (Å²) in [5.41, 5.74) is 7.80. The normalized spacial score (nSPS) is 26.6. The van der Waals surface area contributed by atoms with E-state index in [-0.39, 0.29) is 17.7 Å². The predicted molar refractivity (Wildman–Crippen MR) is 65.3 cm³/mol. The average Bonchev–Trinajstić information content (AvgIpc) is 2.95. The van der Waals surface area contributed by atoms with Crippen LogP contribution in [0.4, 0.5) is 0 Å². The summed E-state index contributed by atoms with van der Waals surface area (Å²) < 4.78 is 5.59. The summed E-state index contributed by atoms with van der Waals surface area (Å²) >= 11 is 0. The highest BCUT2D eigenvalue weighted by molar-refractivity contribution is 6.01. The lowest BCUT2D eigenvalue weighted by Crippen LogP contribution is -2.18. The molecule has 0 spiro atoms. The quantitative estimate of drug-likeness (QED) is 0.791. The maximum atomic E-state index is 12.4. The minimum Gasteiger partial charge on any atom is -0.492 e. The second-order valence-corrected chi connectivity index (χ2v) is 5.03. The van der Waals surface area contributed by atoms with Crippen LogP contribution in [0.1, 0.15) is 35.2 Å². The largest absolute Gasteiger partial charge is 0.492 e. The fraction of sp³-hybridized carbons (Fsp3) is 0.500. The molecule has 2 aliphatic rings. The molecule has 0 aromatic heterocycles. The summed E-state index contributed by atoms with van der Waals surface area (Å²) in [6.07, 6.45) is 3.62. The summed E-state index contributed by atoms with van der Waals surface area (Å²) in [6, 6.07) is 6.08. The molecule has 3 rings (SSSR count). The SMILES string of the molecule is NC1CCC(C(=O)c2cccc3c2OCC3)C1. The van der Waals surface area contributed by atoms with E-state index in [0.29, 0.717) is 6.61 Å². The van der Waals surface area contributed by atoms with Crippen LogP contribution in [0.5, 0.6) is 5.75 Å². The van der Waals surface area contributed by atoms with E-state index in [0.717, 1.165) is 42.6 Å². The van der Waals surface area contributed by atoms with E-state index in [4.69, 9.17) is 10.5 Å². The number of para-hydroxylation sites is 1. The van der Waals surface area contributed by atoms with Crippen LogP contribution in [0.2, 0.25) is 0 Å². The molecule has 1 aromatic carbocycles. The number of carbonyl (C=O) groups is 1. The smallest absolute Gasteiger partial charge is 0.169 e. The molecule has 0 bridgehead atoms. The summed E-state index contributed by atoms with van der Waals surface area (Å²) in [4.78, 5) is 12.4. The van der Waals surface area contributed by atoms with Crippen molar-refractivity contribution in [3.8, 4) is 5.75 Å². The van der Waals surface area contributed by atoms with Gasteiger partial charge in [0, 0.05) is 18.4 Å². The molecule has 2 atom stereocenters. The Kier molecular flexibility index (Phi) is 2.63. The monoisotopic (exact) mass is 231 g/mol. The van der Waals surface area contributed by atoms with E-state index in [1.165, 1.54) is 0 Å². The molecule has 90 valence electrons. The number of ether oxygens (including phenoxy) is 1. The number of Topliss-reactive ketones (excluding diaryl/α,β-unsaturated/α-hetero) is 1. The number of nitrogens with two attached hydrogens (primary N) is 1. The van der Waals surface area contributed by atoms with Crippen LogP contribution >= 0.6 is 0 Å². The summed E-state index contributed by atoms with van der Waals surface area (Å²) in [7, 11) is 0. The van der Waals surface area contributed by atoms with E-state index in [2.05, 4.69) is 0 Å². The van der Waals surface area contributed by atoms with Crippen LogP contribution in [0.25, 0.3) is 0 Å². The molecule has 3 nitrogen and oxygen atoms in total. The van der Waals surface area contributed by atoms with E-state index >= 15 is 0 Å². The molecule has 1 fully saturated rings. The van der Waals surface area contributed by atoms with Gasteiger partial charge in [0.15, 0.2) is 5.78 Å². The molecule has 1 aliphatic heterocycles. The fourth-order valence-corrected chi connectivity index (χ4v) is 2.88. The van der Waals surface area contributed by atoms with Crippen LogP contribution in [0, 0.1) is 5.92 Å². The van der Waals surface area contributed by atoms with Crippen molar-refractivity contribution in [3.05, 3.63) is 29.3 Å². The van der Waals surface area contributed by atoms with E-state index < -0.39 is 0 Å². The van der Waals surface area contributed by atoms with Crippen molar-refractivity contribution >= 4 is 5.78 Å². The van der Waals surface area contributed by atoms with Gasteiger partial charge in [0.2, 0.25) is 0 Å². The lowest BCUT2D eigenvalue weighted by molar-refractivity contribution is 0.0918.